The van der Waals surface area contributed by atoms with Gasteiger partial charge in [-0.1, -0.05) is 37.8 Å². The molecule has 1 aromatic heterocycles. The van der Waals surface area contributed by atoms with E-state index in [0.717, 1.165) is 11.9 Å². The standard InChI is InChI=1S/C13H19NOSi/c1-16(2,3)13(15)8-10-9-14-12-7-5-4-6-11(10)12/h4-7,9,13-15H,8H2,1-3H3. The number of aliphatic hydroxyl groups is 1. The average Bonchev–Trinajstić information content (AvgIpc) is 2.61. The van der Waals surface area contributed by atoms with Gasteiger partial charge in [0.25, 0.3) is 0 Å². The number of nitrogens with one attached hydrogen (secondary N) is 1. The quantitative estimate of drug-likeness (QED) is 0.786. The third-order valence-corrected chi connectivity index (χ3v) is 5.29. The van der Waals surface area contributed by atoms with Crippen LogP contribution in [0.4, 0.5) is 0 Å². The highest BCUT2D eigenvalue weighted by atomic mass is 28.3. The summed E-state index contributed by atoms with van der Waals surface area (Å²) in [5.74, 6) is 0. The number of fused-ring (bicyclic) bond motifs is 1. The number of H-pyrrole nitrogens is 1. The van der Waals surface area contributed by atoms with E-state index in [4.69, 9.17) is 0 Å². The van der Waals surface area contributed by atoms with E-state index >= 15 is 0 Å². The van der Waals surface area contributed by atoms with E-state index in [0.29, 0.717) is 0 Å². The second kappa shape index (κ2) is 4.07. The average molecular weight is 233 g/mol. The molecular formula is C13H19NOSi. The first kappa shape index (κ1) is 11.4. The third-order valence-electron chi connectivity index (χ3n) is 3.09. The molecule has 0 aliphatic carbocycles. The van der Waals surface area contributed by atoms with Crippen molar-refractivity contribution in [3.63, 3.8) is 0 Å². The maximum absolute atomic E-state index is 10.2. The van der Waals surface area contributed by atoms with Gasteiger partial charge < -0.3 is 10.1 Å². The van der Waals surface area contributed by atoms with Crippen LogP contribution in [0, 0.1) is 0 Å². The number of para-hydroxylation sites is 1. The van der Waals surface area contributed by atoms with Gasteiger partial charge in [0, 0.05) is 22.8 Å². The summed E-state index contributed by atoms with van der Waals surface area (Å²) in [6, 6.07) is 8.25. The van der Waals surface area contributed by atoms with Crippen LogP contribution in [0.15, 0.2) is 30.5 Å². The van der Waals surface area contributed by atoms with Crippen LogP contribution in [-0.4, -0.2) is 23.9 Å². The first-order valence-corrected chi connectivity index (χ1v) is 9.29. The molecule has 1 atom stereocenters. The van der Waals surface area contributed by atoms with E-state index in [1.165, 1.54) is 10.9 Å². The summed E-state index contributed by atoms with van der Waals surface area (Å²) in [6.07, 6.45) is 2.79. The van der Waals surface area contributed by atoms with Crippen molar-refractivity contribution in [1.29, 1.82) is 0 Å². The molecule has 1 unspecified atom stereocenters. The lowest BCUT2D eigenvalue weighted by Crippen LogP contribution is -2.39. The molecule has 1 aromatic carbocycles. The van der Waals surface area contributed by atoms with Crippen LogP contribution < -0.4 is 0 Å². The third kappa shape index (κ3) is 2.20. The summed E-state index contributed by atoms with van der Waals surface area (Å²) in [5.41, 5.74) is 2.21. The molecule has 16 heavy (non-hydrogen) atoms. The van der Waals surface area contributed by atoms with Gasteiger partial charge in [-0.15, -0.1) is 0 Å². The highest BCUT2D eigenvalue weighted by Gasteiger charge is 2.25. The van der Waals surface area contributed by atoms with Crippen molar-refractivity contribution >= 4 is 19.0 Å². The summed E-state index contributed by atoms with van der Waals surface area (Å²) in [7, 11) is -1.46. The Hall–Kier alpha value is -1.06. The predicted molar refractivity (Wildman–Crippen MR) is 71.4 cm³/mol. The lowest BCUT2D eigenvalue weighted by atomic mass is 10.1. The Morgan fingerprint density at radius 2 is 1.94 bits per heavy atom. The van der Waals surface area contributed by atoms with E-state index in [1.54, 1.807) is 0 Å². The SMILES string of the molecule is C[Si](C)(C)C(O)Cc1c[nH]c2ccccc12. The van der Waals surface area contributed by atoms with E-state index in [-0.39, 0.29) is 5.73 Å². The molecule has 0 fully saturated rings. The summed E-state index contributed by atoms with van der Waals surface area (Å²) >= 11 is 0. The molecule has 0 aliphatic rings. The number of aliphatic hydroxyl groups excluding tert-OH is 1. The van der Waals surface area contributed by atoms with E-state index in [1.807, 2.05) is 18.3 Å². The van der Waals surface area contributed by atoms with E-state index < -0.39 is 8.07 Å². The fourth-order valence-corrected chi connectivity index (χ4v) is 2.65. The molecule has 0 radical (unpaired) electrons. The lowest BCUT2D eigenvalue weighted by Gasteiger charge is -2.23. The van der Waals surface area contributed by atoms with Crippen molar-refractivity contribution in [1.82, 2.24) is 4.98 Å². The van der Waals surface area contributed by atoms with Crippen molar-refractivity contribution in [2.24, 2.45) is 0 Å². The van der Waals surface area contributed by atoms with Crippen LogP contribution in [0.3, 0.4) is 0 Å². The van der Waals surface area contributed by atoms with Crippen molar-refractivity contribution in [3.8, 4) is 0 Å². The number of hydrogen-bond donors (Lipinski definition) is 2. The highest BCUT2D eigenvalue weighted by molar-refractivity contribution is 6.77. The lowest BCUT2D eigenvalue weighted by molar-refractivity contribution is 0.245. The molecule has 0 aliphatic heterocycles. The van der Waals surface area contributed by atoms with Crippen LogP contribution in [0.2, 0.25) is 19.6 Å². The second-order valence-electron chi connectivity index (χ2n) is 5.45. The zero-order valence-electron chi connectivity index (χ0n) is 10.1. The largest absolute Gasteiger partial charge is 0.396 e. The number of aromatic amines is 1. The molecule has 0 amide bonds. The van der Waals surface area contributed by atoms with Crippen molar-refractivity contribution in [2.45, 2.75) is 31.8 Å². The Bertz CT molecular complexity index is 484. The molecule has 2 aromatic rings. The minimum Gasteiger partial charge on any atom is -0.396 e. The maximum atomic E-state index is 10.2. The maximum Gasteiger partial charge on any atom is 0.0785 e. The zero-order valence-corrected chi connectivity index (χ0v) is 11.1. The molecule has 86 valence electrons. The van der Waals surface area contributed by atoms with Gasteiger partial charge in [-0.05, 0) is 18.1 Å². The second-order valence-corrected chi connectivity index (χ2v) is 10.8. The van der Waals surface area contributed by atoms with Crippen molar-refractivity contribution in [2.75, 3.05) is 0 Å². The Kier molecular flexibility index (Phi) is 2.91. The number of hydrogen-bond acceptors (Lipinski definition) is 1. The molecule has 2 nitrogen and oxygen atoms in total. The molecule has 0 saturated carbocycles. The summed E-state index contributed by atoms with van der Waals surface area (Å²) < 4.78 is 0. The van der Waals surface area contributed by atoms with Crippen LogP contribution in [-0.2, 0) is 6.42 Å². The Labute approximate surface area is 97.3 Å². The van der Waals surface area contributed by atoms with Crippen LogP contribution in [0.25, 0.3) is 10.9 Å². The first-order chi connectivity index (χ1) is 7.48. The van der Waals surface area contributed by atoms with Crippen LogP contribution >= 0.6 is 0 Å². The zero-order chi connectivity index (χ0) is 11.8. The fourth-order valence-electron chi connectivity index (χ4n) is 1.81. The summed E-state index contributed by atoms with van der Waals surface area (Å²) in [6.45, 7) is 6.60. The molecular weight excluding hydrogens is 214 g/mol. The Balaban J connectivity index is 2.28. The van der Waals surface area contributed by atoms with Gasteiger partial charge in [0.1, 0.15) is 0 Å². The van der Waals surface area contributed by atoms with E-state index in [9.17, 15) is 5.11 Å². The number of rotatable bonds is 3. The smallest absolute Gasteiger partial charge is 0.0785 e. The van der Waals surface area contributed by atoms with E-state index in [2.05, 4.69) is 36.8 Å². The number of benzene rings is 1. The first-order valence-electron chi connectivity index (χ1n) is 5.71. The topological polar surface area (TPSA) is 36.0 Å². The molecule has 2 N–H and O–H groups in total. The molecule has 1 heterocycles. The van der Waals surface area contributed by atoms with Gasteiger partial charge in [-0.25, -0.2) is 0 Å². The predicted octanol–water partition coefficient (Wildman–Crippen LogP) is 2.95. The summed E-state index contributed by atoms with van der Waals surface area (Å²) in [5, 5.41) is 11.4. The van der Waals surface area contributed by atoms with Crippen molar-refractivity contribution in [3.05, 3.63) is 36.0 Å². The molecule has 0 spiro atoms. The minimum absolute atomic E-state index is 0.174. The molecule has 0 bridgehead atoms. The summed E-state index contributed by atoms with van der Waals surface area (Å²) in [4.78, 5) is 3.25. The molecule has 3 heteroatoms. The monoisotopic (exact) mass is 233 g/mol. The van der Waals surface area contributed by atoms with Crippen LogP contribution in [0.5, 0.6) is 0 Å². The van der Waals surface area contributed by atoms with Gasteiger partial charge in [0.2, 0.25) is 0 Å². The minimum atomic E-state index is -1.46. The fraction of sp³-hybridized carbons (Fsp3) is 0.385. The highest BCUT2D eigenvalue weighted by Crippen LogP contribution is 2.21. The van der Waals surface area contributed by atoms with Gasteiger partial charge in [0.15, 0.2) is 0 Å². The van der Waals surface area contributed by atoms with Crippen molar-refractivity contribution < 1.29 is 5.11 Å². The molecule has 0 saturated heterocycles. The van der Waals surface area contributed by atoms with Gasteiger partial charge >= 0.3 is 0 Å². The van der Waals surface area contributed by atoms with Crippen LogP contribution in [0.1, 0.15) is 5.56 Å². The van der Waals surface area contributed by atoms with Gasteiger partial charge in [0.05, 0.1) is 8.07 Å². The molecule has 2 rings (SSSR count). The Morgan fingerprint density at radius 1 is 1.25 bits per heavy atom. The van der Waals surface area contributed by atoms with Gasteiger partial charge in [-0.2, -0.15) is 0 Å². The normalized spacial score (nSPS) is 14.2. The Morgan fingerprint density at radius 3 is 2.62 bits per heavy atom. The number of aromatic nitrogens is 1. The van der Waals surface area contributed by atoms with Gasteiger partial charge in [-0.3, -0.25) is 0 Å².